The largest absolute Gasteiger partial charge is 0.463 e. The number of unbranched alkanes of at least 4 members (excludes halogenated alkanes) is 5. The van der Waals surface area contributed by atoms with Gasteiger partial charge in [-0.15, -0.1) is 0 Å². The molecule has 6 nitrogen and oxygen atoms in total. The Morgan fingerprint density at radius 3 is 2.12 bits per heavy atom. The summed E-state index contributed by atoms with van der Waals surface area (Å²) in [6, 6.07) is 0. The predicted octanol–water partition coefficient (Wildman–Crippen LogP) is 11.4. The van der Waals surface area contributed by atoms with Gasteiger partial charge in [-0.05, 0) is 100 Å². The molecule has 0 spiro atoms. The van der Waals surface area contributed by atoms with Crippen molar-refractivity contribution in [1.82, 2.24) is 0 Å². The molecule has 0 aromatic rings. The first kappa shape index (κ1) is 43.1. The third kappa shape index (κ3) is 14.7. The highest BCUT2D eigenvalue weighted by Gasteiger charge is 2.45. The van der Waals surface area contributed by atoms with Gasteiger partial charge in [-0.1, -0.05) is 98.0 Å². The number of hydrogen-bond donors (Lipinski definition) is 0. The second kappa shape index (κ2) is 19.5. The van der Waals surface area contributed by atoms with Crippen molar-refractivity contribution in [2.45, 2.75) is 181 Å². The Morgan fingerprint density at radius 1 is 0.896 bits per heavy atom. The average molecular weight is 707 g/mol. The molecule has 0 amide bonds. The lowest BCUT2D eigenvalue weighted by Crippen LogP contribution is -2.44. The zero-order chi connectivity index (χ0) is 36.1. The molecule has 1 saturated heterocycles. The fourth-order valence-electron chi connectivity index (χ4n) is 5.72. The molecule has 2 aliphatic rings. The summed E-state index contributed by atoms with van der Waals surface area (Å²) < 4.78 is 30.6. The van der Waals surface area contributed by atoms with Crippen LogP contribution in [0.15, 0.2) is 35.5 Å². The van der Waals surface area contributed by atoms with Crippen LogP contribution in [-0.2, 0) is 27.9 Å². The Morgan fingerprint density at radius 2 is 1.52 bits per heavy atom. The fourth-order valence-corrected chi connectivity index (χ4v) is 8.11. The Kier molecular flexibility index (Phi) is 17.6. The number of esters is 1. The molecule has 0 aromatic carbocycles. The lowest BCUT2D eigenvalue weighted by Gasteiger charge is -2.39. The summed E-state index contributed by atoms with van der Waals surface area (Å²) in [6.07, 6.45) is 21.0. The number of carbonyl (C=O) groups excluding carboxylic acids is 1. The second-order valence-electron chi connectivity index (χ2n) is 17.6. The van der Waals surface area contributed by atoms with Crippen molar-refractivity contribution in [3.05, 3.63) is 35.5 Å². The van der Waals surface area contributed by atoms with Crippen molar-refractivity contribution >= 4 is 22.6 Å². The molecule has 8 heteroatoms. The Hall–Kier alpha value is -1.04. The third-order valence-electron chi connectivity index (χ3n) is 11.3. The van der Waals surface area contributed by atoms with Crippen LogP contribution in [0.3, 0.4) is 0 Å². The fraction of sp³-hybridized carbons (Fsp3) is 0.825. The lowest BCUT2D eigenvalue weighted by molar-refractivity contribution is -0.155. The van der Waals surface area contributed by atoms with Crippen LogP contribution >= 0.6 is 0 Å². The first-order valence-electron chi connectivity index (χ1n) is 19.0. The summed E-state index contributed by atoms with van der Waals surface area (Å²) in [6.45, 7) is 30.0. The van der Waals surface area contributed by atoms with Crippen LogP contribution in [0, 0.1) is 5.41 Å². The molecule has 0 bridgehead atoms. The van der Waals surface area contributed by atoms with Gasteiger partial charge in [-0.3, -0.25) is 0 Å². The van der Waals surface area contributed by atoms with Gasteiger partial charge in [-0.25, -0.2) is 4.79 Å². The third-order valence-corrected chi connectivity index (χ3v) is 20.3. The van der Waals surface area contributed by atoms with E-state index < -0.39 is 16.6 Å². The van der Waals surface area contributed by atoms with Crippen LogP contribution in [0.4, 0.5) is 0 Å². The normalized spacial score (nSPS) is 24.2. The highest BCUT2D eigenvalue weighted by atomic mass is 28.4. The summed E-state index contributed by atoms with van der Waals surface area (Å²) >= 11 is 0. The minimum absolute atomic E-state index is 0.0609. The van der Waals surface area contributed by atoms with Gasteiger partial charge in [0.15, 0.2) is 22.9 Å². The van der Waals surface area contributed by atoms with E-state index in [1.165, 1.54) is 31.3 Å². The Bertz CT molecular complexity index is 1060. The molecule has 0 radical (unpaired) electrons. The van der Waals surface area contributed by atoms with Gasteiger partial charge in [0.2, 0.25) is 0 Å². The van der Waals surface area contributed by atoms with Crippen LogP contribution < -0.4 is 0 Å². The molecule has 1 aliphatic carbocycles. The van der Waals surface area contributed by atoms with Crippen molar-refractivity contribution in [3.63, 3.8) is 0 Å². The highest BCUT2D eigenvalue weighted by Crippen LogP contribution is 2.48. The molecule has 48 heavy (non-hydrogen) atoms. The van der Waals surface area contributed by atoms with Crippen molar-refractivity contribution < 1.29 is 27.9 Å². The van der Waals surface area contributed by atoms with Gasteiger partial charge in [0.1, 0.15) is 0 Å². The maximum absolute atomic E-state index is 13.2. The van der Waals surface area contributed by atoms with Gasteiger partial charge < -0.3 is 23.1 Å². The average Bonchev–Trinajstić information content (AvgIpc) is 3.27. The molecular weight excluding hydrogens is 633 g/mol. The van der Waals surface area contributed by atoms with Crippen molar-refractivity contribution in [1.29, 1.82) is 0 Å². The van der Waals surface area contributed by atoms with Gasteiger partial charge in [0.25, 0.3) is 0 Å². The van der Waals surface area contributed by atoms with Crippen LogP contribution in [0.2, 0.25) is 36.3 Å². The number of hydrogen-bond acceptors (Lipinski definition) is 6. The molecule has 1 unspecified atom stereocenters. The standard InChI is InChI=1S/C40H74O6Si2/c1-33(25-31-44-37-23-17-20-29-43-37)22-21-26-40(8)27-24-35(46-48(11,12)39(5,6)7)34(40)32-36(41)42-28-18-15-13-14-16-19-30-45-47(9,10)38(2,3)4/h21,25-26,32,35,37H,13-20,22-24,27-31H2,1-12H3/b26-21+,33-25+,34-32+/t35-,37?,40+/m0/s1. The maximum Gasteiger partial charge on any atom is 0.330 e. The van der Waals surface area contributed by atoms with E-state index >= 15 is 0 Å². The predicted molar refractivity (Wildman–Crippen MR) is 206 cm³/mol. The molecule has 1 saturated carbocycles. The molecule has 1 heterocycles. The maximum atomic E-state index is 13.2. The van der Waals surface area contributed by atoms with E-state index in [1.54, 1.807) is 6.08 Å². The molecule has 0 N–H and O–H groups in total. The van der Waals surface area contributed by atoms with Crippen LogP contribution in [0.25, 0.3) is 0 Å². The summed E-state index contributed by atoms with van der Waals surface area (Å²) in [5, 5.41) is 0.362. The lowest BCUT2D eigenvalue weighted by atomic mass is 9.83. The van der Waals surface area contributed by atoms with Crippen LogP contribution in [0.5, 0.6) is 0 Å². The molecule has 2 rings (SSSR count). The molecule has 1 aliphatic heterocycles. The molecule has 278 valence electrons. The first-order valence-corrected chi connectivity index (χ1v) is 24.9. The summed E-state index contributed by atoms with van der Waals surface area (Å²) in [7, 11) is -3.67. The van der Waals surface area contributed by atoms with E-state index in [1.807, 2.05) is 0 Å². The molecule has 0 aromatic heterocycles. The first-order chi connectivity index (χ1) is 22.3. The van der Waals surface area contributed by atoms with Crippen molar-refractivity contribution in [2.24, 2.45) is 5.41 Å². The molecular formula is C40H74O6Si2. The minimum Gasteiger partial charge on any atom is -0.463 e. The quantitative estimate of drug-likeness (QED) is 0.0438. The number of carbonyl (C=O) groups is 1. The van der Waals surface area contributed by atoms with Crippen molar-refractivity contribution in [3.8, 4) is 0 Å². The molecule has 2 fully saturated rings. The summed E-state index contributed by atoms with van der Waals surface area (Å²) in [4.78, 5) is 13.2. The number of ether oxygens (including phenoxy) is 3. The van der Waals surface area contributed by atoms with Gasteiger partial charge in [-0.2, -0.15) is 0 Å². The topological polar surface area (TPSA) is 63.2 Å². The Labute approximate surface area is 298 Å². The second-order valence-corrected chi connectivity index (χ2v) is 27.2. The van der Waals surface area contributed by atoms with E-state index in [0.29, 0.717) is 13.2 Å². The zero-order valence-corrected chi connectivity index (χ0v) is 35.2. The highest BCUT2D eigenvalue weighted by molar-refractivity contribution is 6.74. The van der Waals surface area contributed by atoms with E-state index in [2.05, 4.69) is 99.8 Å². The van der Waals surface area contributed by atoms with Gasteiger partial charge >= 0.3 is 5.97 Å². The minimum atomic E-state index is -2.03. The monoisotopic (exact) mass is 707 g/mol. The van der Waals surface area contributed by atoms with Gasteiger partial charge in [0, 0.05) is 24.7 Å². The van der Waals surface area contributed by atoms with Crippen LogP contribution in [0.1, 0.15) is 132 Å². The summed E-state index contributed by atoms with van der Waals surface area (Å²) in [5.41, 5.74) is 2.09. The smallest absolute Gasteiger partial charge is 0.330 e. The summed E-state index contributed by atoms with van der Waals surface area (Å²) in [5.74, 6) is -0.240. The molecule has 3 atom stereocenters. The number of rotatable bonds is 19. The zero-order valence-electron chi connectivity index (χ0n) is 33.2. The Balaban J connectivity index is 1.90. The van der Waals surface area contributed by atoms with E-state index in [-0.39, 0.29) is 33.9 Å². The van der Waals surface area contributed by atoms with E-state index in [4.69, 9.17) is 23.1 Å². The van der Waals surface area contributed by atoms with E-state index in [0.717, 1.165) is 70.2 Å². The SMILES string of the molecule is C/C(=C\COC1CCCCO1)C/C=C/[C@]1(C)CC[C@H](O[Si](C)(C)C(C)(C)C)/C1=C\C(=O)OCCCCCCCCO[Si](C)(C)C(C)(C)C. The van der Waals surface area contributed by atoms with Crippen LogP contribution in [-0.4, -0.2) is 61.4 Å². The van der Waals surface area contributed by atoms with Gasteiger partial charge in [0.05, 0.1) is 19.3 Å². The van der Waals surface area contributed by atoms with E-state index in [9.17, 15) is 4.79 Å². The number of allylic oxidation sites excluding steroid dienone is 3. The van der Waals surface area contributed by atoms with Crippen molar-refractivity contribution in [2.75, 3.05) is 26.4 Å².